The van der Waals surface area contributed by atoms with Gasteiger partial charge in [-0.15, -0.1) is 0 Å². The summed E-state index contributed by atoms with van der Waals surface area (Å²) in [6, 6.07) is 5.77. The van der Waals surface area contributed by atoms with Gasteiger partial charge in [-0.3, -0.25) is 4.79 Å². The molecule has 0 aromatic heterocycles. The summed E-state index contributed by atoms with van der Waals surface area (Å²) in [7, 11) is 3.22. The molecule has 0 spiro atoms. The summed E-state index contributed by atoms with van der Waals surface area (Å²) in [6.07, 6.45) is 2.64. The van der Waals surface area contributed by atoms with Gasteiger partial charge in [-0.05, 0) is 42.9 Å². The van der Waals surface area contributed by atoms with Crippen molar-refractivity contribution in [3.05, 3.63) is 23.8 Å². The first-order valence-corrected chi connectivity index (χ1v) is 8.19. The maximum atomic E-state index is 12.6. The number of ether oxygens (including phenoxy) is 2. The van der Waals surface area contributed by atoms with Gasteiger partial charge < -0.3 is 19.5 Å². The largest absolute Gasteiger partial charge is 0.493 e. The maximum absolute atomic E-state index is 12.6. The van der Waals surface area contributed by atoms with Crippen LogP contribution in [0.2, 0.25) is 0 Å². The van der Waals surface area contributed by atoms with E-state index in [1.807, 2.05) is 30.0 Å². The van der Waals surface area contributed by atoms with Gasteiger partial charge in [0.2, 0.25) is 5.91 Å². The molecule has 2 atom stereocenters. The van der Waals surface area contributed by atoms with E-state index >= 15 is 0 Å². The second kappa shape index (κ2) is 8.20. The lowest BCUT2D eigenvalue weighted by Gasteiger charge is -2.33. The van der Waals surface area contributed by atoms with Crippen LogP contribution >= 0.6 is 0 Å². The normalized spacial score (nSPS) is 19.3. The standard InChI is InChI=1S/C18H27NO4/c1-13(18(21)19-8-4-5-15(11-19)12-20)9-14-6-7-16(22-2)17(10-14)23-3/h6-7,10,13,15,20H,4-5,8-9,11-12H2,1-3H3. The van der Waals surface area contributed by atoms with Crippen molar-refractivity contribution in [2.75, 3.05) is 33.9 Å². The Morgan fingerprint density at radius 3 is 2.74 bits per heavy atom. The first-order valence-electron chi connectivity index (χ1n) is 8.19. The van der Waals surface area contributed by atoms with Gasteiger partial charge in [-0.25, -0.2) is 0 Å². The Morgan fingerprint density at radius 1 is 1.35 bits per heavy atom. The molecule has 1 aliphatic heterocycles. The average Bonchev–Trinajstić information content (AvgIpc) is 2.60. The fraction of sp³-hybridized carbons (Fsp3) is 0.611. The maximum Gasteiger partial charge on any atom is 0.225 e. The van der Waals surface area contributed by atoms with Crippen LogP contribution in [-0.2, 0) is 11.2 Å². The number of likely N-dealkylation sites (tertiary alicyclic amines) is 1. The summed E-state index contributed by atoms with van der Waals surface area (Å²) in [6.45, 7) is 3.59. The number of benzene rings is 1. The number of rotatable bonds is 6. The van der Waals surface area contributed by atoms with Gasteiger partial charge in [0.05, 0.1) is 14.2 Å². The number of aliphatic hydroxyl groups excluding tert-OH is 1. The first-order chi connectivity index (χ1) is 11.1. The summed E-state index contributed by atoms with van der Waals surface area (Å²) < 4.78 is 10.6. The van der Waals surface area contributed by atoms with E-state index in [-0.39, 0.29) is 24.3 Å². The van der Waals surface area contributed by atoms with Crippen molar-refractivity contribution in [2.24, 2.45) is 11.8 Å². The van der Waals surface area contributed by atoms with Crippen LogP contribution in [0.15, 0.2) is 18.2 Å². The highest BCUT2D eigenvalue weighted by molar-refractivity contribution is 5.79. The number of carbonyl (C=O) groups excluding carboxylic acids is 1. The number of amides is 1. The van der Waals surface area contributed by atoms with E-state index in [0.29, 0.717) is 24.5 Å². The van der Waals surface area contributed by atoms with E-state index in [9.17, 15) is 9.90 Å². The van der Waals surface area contributed by atoms with Gasteiger partial charge in [0.1, 0.15) is 0 Å². The minimum Gasteiger partial charge on any atom is -0.493 e. The molecule has 0 saturated carbocycles. The molecule has 1 aliphatic rings. The Hall–Kier alpha value is -1.75. The minimum absolute atomic E-state index is 0.0921. The molecule has 23 heavy (non-hydrogen) atoms. The Bertz CT molecular complexity index is 532. The van der Waals surface area contributed by atoms with Crippen molar-refractivity contribution in [3.8, 4) is 11.5 Å². The van der Waals surface area contributed by atoms with E-state index < -0.39 is 0 Å². The zero-order valence-electron chi connectivity index (χ0n) is 14.2. The molecule has 1 amide bonds. The fourth-order valence-electron chi connectivity index (χ4n) is 3.17. The molecule has 1 N–H and O–H groups in total. The van der Waals surface area contributed by atoms with Crippen LogP contribution in [0, 0.1) is 11.8 Å². The Kier molecular flexibility index (Phi) is 6.28. The third-order valence-electron chi connectivity index (χ3n) is 4.50. The highest BCUT2D eigenvalue weighted by Crippen LogP contribution is 2.29. The number of aliphatic hydroxyl groups is 1. The van der Waals surface area contributed by atoms with Crippen LogP contribution in [0.5, 0.6) is 11.5 Å². The van der Waals surface area contributed by atoms with Crippen LogP contribution in [0.1, 0.15) is 25.3 Å². The molecule has 0 bridgehead atoms. The number of carbonyl (C=O) groups is 1. The first kappa shape index (κ1) is 17.6. The smallest absolute Gasteiger partial charge is 0.225 e. The van der Waals surface area contributed by atoms with Crippen molar-refractivity contribution < 1.29 is 19.4 Å². The summed E-state index contributed by atoms with van der Waals surface area (Å²) in [5.74, 6) is 1.67. The second-order valence-corrected chi connectivity index (χ2v) is 6.27. The molecule has 1 aromatic rings. The Balaban J connectivity index is 2.00. The monoisotopic (exact) mass is 321 g/mol. The van der Waals surface area contributed by atoms with E-state index in [4.69, 9.17) is 9.47 Å². The van der Waals surface area contributed by atoms with Crippen LogP contribution in [0.25, 0.3) is 0 Å². The van der Waals surface area contributed by atoms with Gasteiger partial charge in [0.15, 0.2) is 11.5 Å². The van der Waals surface area contributed by atoms with Gasteiger partial charge >= 0.3 is 0 Å². The van der Waals surface area contributed by atoms with Crippen molar-refractivity contribution in [2.45, 2.75) is 26.2 Å². The number of methoxy groups -OCH3 is 2. The highest BCUT2D eigenvalue weighted by atomic mass is 16.5. The molecule has 2 unspecified atom stereocenters. The molecule has 128 valence electrons. The lowest BCUT2D eigenvalue weighted by atomic mass is 9.95. The number of hydrogen-bond acceptors (Lipinski definition) is 4. The summed E-state index contributed by atoms with van der Waals surface area (Å²) in [5, 5.41) is 9.31. The van der Waals surface area contributed by atoms with Gasteiger partial charge in [-0.2, -0.15) is 0 Å². The molecule has 1 heterocycles. The van der Waals surface area contributed by atoms with E-state index in [2.05, 4.69) is 0 Å². The molecule has 0 radical (unpaired) electrons. The van der Waals surface area contributed by atoms with E-state index in [1.165, 1.54) is 0 Å². The molecule has 1 saturated heterocycles. The van der Waals surface area contributed by atoms with E-state index in [0.717, 1.165) is 24.9 Å². The summed E-state index contributed by atoms with van der Waals surface area (Å²) >= 11 is 0. The zero-order chi connectivity index (χ0) is 16.8. The molecule has 0 aliphatic carbocycles. The van der Waals surface area contributed by atoms with Crippen molar-refractivity contribution >= 4 is 5.91 Å². The molecule has 5 nitrogen and oxygen atoms in total. The van der Waals surface area contributed by atoms with Crippen LogP contribution in [0.3, 0.4) is 0 Å². The quantitative estimate of drug-likeness (QED) is 0.872. The predicted octanol–water partition coefficient (Wildman–Crippen LogP) is 2.11. The van der Waals surface area contributed by atoms with Crippen LogP contribution < -0.4 is 9.47 Å². The Labute approximate surface area is 138 Å². The second-order valence-electron chi connectivity index (χ2n) is 6.27. The molecular weight excluding hydrogens is 294 g/mol. The van der Waals surface area contributed by atoms with Crippen molar-refractivity contribution in [3.63, 3.8) is 0 Å². The number of hydrogen-bond donors (Lipinski definition) is 1. The molecule has 1 aromatic carbocycles. The van der Waals surface area contributed by atoms with Crippen molar-refractivity contribution in [1.29, 1.82) is 0 Å². The molecule has 1 fully saturated rings. The topological polar surface area (TPSA) is 59.0 Å². The Morgan fingerprint density at radius 2 is 2.09 bits per heavy atom. The molecule has 5 heteroatoms. The SMILES string of the molecule is COc1ccc(CC(C)C(=O)N2CCCC(CO)C2)cc1OC. The molecular formula is C18H27NO4. The predicted molar refractivity (Wildman–Crippen MR) is 88.8 cm³/mol. The minimum atomic E-state index is -0.0921. The third-order valence-corrected chi connectivity index (χ3v) is 4.50. The number of nitrogens with zero attached hydrogens (tertiary/aromatic N) is 1. The van der Waals surface area contributed by atoms with Crippen LogP contribution in [0.4, 0.5) is 0 Å². The van der Waals surface area contributed by atoms with Gasteiger partial charge in [0.25, 0.3) is 0 Å². The van der Waals surface area contributed by atoms with Gasteiger partial charge in [-0.1, -0.05) is 13.0 Å². The van der Waals surface area contributed by atoms with Crippen molar-refractivity contribution in [1.82, 2.24) is 4.90 Å². The summed E-state index contributed by atoms with van der Waals surface area (Å²) in [5.41, 5.74) is 1.05. The number of piperidine rings is 1. The third kappa shape index (κ3) is 4.38. The highest BCUT2D eigenvalue weighted by Gasteiger charge is 2.26. The lowest BCUT2D eigenvalue weighted by molar-refractivity contribution is -0.137. The fourth-order valence-corrected chi connectivity index (χ4v) is 3.17. The lowest BCUT2D eigenvalue weighted by Crippen LogP contribution is -2.43. The zero-order valence-corrected chi connectivity index (χ0v) is 14.2. The average molecular weight is 321 g/mol. The molecule has 2 rings (SSSR count). The van der Waals surface area contributed by atoms with E-state index in [1.54, 1.807) is 14.2 Å². The van der Waals surface area contributed by atoms with Crippen LogP contribution in [-0.4, -0.2) is 49.8 Å². The van der Waals surface area contributed by atoms with Gasteiger partial charge in [0, 0.05) is 25.6 Å². The summed E-state index contributed by atoms with van der Waals surface area (Å²) in [4.78, 5) is 14.5.